The second-order valence-corrected chi connectivity index (χ2v) is 8.23. The zero-order valence-corrected chi connectivity index (χ0v) is 15.7. The van der Waals surface area contributed by atoms with Crippen LogP contribution in [0, 0.1) is 11.8 Å². The van der Waals surface area contributed by atoms with Gasteiger partial charge in [-0.3, -0.25) is 9.48 Å². The fraction of sp³-hybridized carbons (Fsp3) is 0.800. The molecule has 2 saturated carbocycles. The molecule has 2 fully saturated rings. The van der Waals surface area contributed by atoms with Gasteiger partial charge in [0, 0.05) is 43.6 Å². The quantitative estimate of drug-likeness (QED) is 0.779. The largest absolute Gasteiger partial charge is 0.381 e. The number of carbonyl (C=O) groups excluding carboxylic acids is 1. The van der Waals surface area contributed by atoms with Crippen LogP contribution in [0.1, 0.15) is 62.6 Å². The van der Waals surface area contributed by atoms with Crippen LogP contribution < -0.4 is 0 Å². The average molecular weight is 363 g/mol. The second kappa shape index (κ2) is 7.67. The molecule has 0 saturated heterocycles. The smallest absolute Gasteiger partial charge is 0.226 e. The van der Waals surface area contributed by atoms with Crippen molar-refractivity contribution in [3.63, 3.8) is 0 Å². The zero-order valence-electron chi connectivity index (χ0n) is 15.7. The summed E-state index contributed by atoms with van der Waals surface area (Å²) >= 11 is 0. The lowest BCUT2D eigenvalue weighted by Gasteiger charge is -2.38. The van der Waals surface area contributed by atoms with Crippen LogP contribution in [0.2, 0.25) is 0 Å². The monoisotopic (exact) mass is 363 g/mol. The van der Waals surface area contributed by atoms with Crippen molar-refractivity contribution in [1.29, 1.82) is 0 Å². The molecule has 1 atom stereocenters. The van der Waals surface area contributed by atoms with Gasteiger partial charge in [0.15, 0.2) is 0 Å². The predicted octanol–water partition coefficient (Wildman–Crippen LogP) is 3.28. The van der Waals surface area contributed by atoms with E-state index < -0.39 is 6.17 Å². The number of ether oxygens (including phenoxy) is 1. The Morgan fingerprint density at radius 1 is 1.35 bits per heavy atom. The number of hydrogen-bond donors (Lipinski definition) is 0. The average Bonchev–Trinajstić information content (AvgIpc) is 3.27. The fourth-order valence-electron chi connectivity index (χ4n) is 4.80. The summed E-state index contributed by atoms with van der Waals surface area (Å²) in [5, 5.41) is 4.67. The Morgan fingerprint density at radius 3 is 2.81 bits per heavy atom. The van der Waals surface area contributed by atoms with E-state index in [4.69, 9.17) is 4.74 Å². The molecular formula is C20H30FN3O2. The van der Waals surface area contributed by atoms with Crippen molar-refractivity contribution in [2.75, 3.05) is 19.8 Å². The first-order valence-electron chi connectivity index (χ1n) is 10.2. The first-order valence-corrected chi connectivity index (χ1v) is 10.2. The topological polar surface area (TPSA) is 47.4 Å². The van der Waals surface area contributed by atoms with E-state index in [1.54, 1.807) is 0 Å². The summed E-state index contributed by atoms with van der Waals surface area (Å²) in [6.45, 7) is 5.53. The van der Waals surface area contributed by atoms with Gasteiger partial charge in [0.1, 0.15) is 6.17 Å². The summed E-state index contributed by atoms with van der Waals surface area (Å²) in [6, 6.07) is 0. The minimum absolute atomic E-state index is 0.106. The number of aromatic nitrogens is 2. The van der Waals surface area contributed by atoms with Crippen molar-refractivity contribution in [3.05, 3.63) is 17.5 Å². The van der Waals surface area contributed by atoms with E-state index in [0.717, 1.165) is 18.0 Å². The molecule has 0 radical (unpaired) electrons. The lowest BCUT2D eigenvalue weighted by molar-refractivity contribution is -0.142. The van der Waals surface area contributed by atoms with Crippen molar-refractivity contribution in [3.8, 4) is 0 Å². The van der Waals surface area contributed by atoms with Gasteiger partial charge >= 0.3 is 0 Å². The van der Waals surface area contributed by atoms with Crippen LogP contribution in [-0.4, -0.2) is 46.5 Å². The number of halogens is 1. The molecule has 6 heteroatoms. The number of alkyl halides is 1. The van der Waals surface area contributed by atoms with E-state index in [-0.39, 0.29) is 17.7 Å². The number of amides is 1. The maximum atomic E-state index is 13.2. The maximum absolute atomic E-state index is 13.2. The van der Waals surface area contributed by atoms with Gasteiger partial charge in [-0.25, -0.2) is 4.39 Å². The summed E-state index contributed by atoms with van der Waals surface area (Å²) < 4.78 is 21.1. The van der Waals surface area contributed by atoms with Crippen LogP contribution in [0.4, 0.5) is 4.39 Å². The predicted molar refractivity (Wildman–Crippen MR) is 96.5 cm³/mol. The molecule has 0 spiro atoms. The molecule has 0 unspecified atom stereocenters. The summed E-state index contributed by atoms with van der Waals surface area (Å²) in [6.07, 6.45) is 7.16. The summed E-state index contributed by atoms with van der Waals surface area (Å²) in [7, 11) is 0. The molecule has 4 rings (SSSR count). The lowest BCUT2D eigenvalue weighted by Crippen LogP contribution is -2.46. The Balaban J connectivity index is 1.51. The van der Waals surface area contributed by atoms with Crippen molar-refractivity contribution >= 4 is 5.91 Å². The highest BCUT2D eigenvalue weighted by Crippen LogP contribution is 2.36. The second-order valence-electron chi connectivity index (χ2n) is 8.23. The molecule has 1 aliphatic heterocycles. The highest BCUT2D eigenvalue weighted by Gasteiger charge is 2.40. The van der Waals surface area contributed by atoms with E-state index in [1.165, 1.54) is 31.4 Å². The van der Waals surface area contributed by atoms with Crippen molar-refractivity contribution in [2.45, 2.75) is 70.6 Å². The Bertz CT molecular complexity index is 635. The molecule has 1 amide bonds. The van der Waals surface area contributed by atoms with Crippen molar-refractivity contribution in [1.82, 2.24) is 14.7 Å². The molecule has 1 aromatic rings. The van der Waals surface area contributed by atoms with Crippen LogP contribution in [0.5, 0.6) is 0 Å². The molecule has 0 aromatic carbocycles. The first kappa shape index (κ1) is 18.0. The van der Waals surface area contributed by atoms with Gasteiger partial charge in [0.2, 0.25) is 5.91 Å². The number of carbonyl (C=O) groups is 1. The molecule has 26 heavy (non-hydrogen) atoms. The van der Waals surface area contributed by atoms with Gasteiger partial charge in [-0.15, -0.1) is 0 Å². The third kappa shape index (κ3) is 3.53. The van der Waals surface area contributed by atoms with Gasteiger partial charge in [-0.1, -0.05) is 12.8 Å². The van der Waals surface area contributed by atoms with Crippen molar-refractivity contribution in [2.24, 2.45) is 11.8 Å². The van der Waals surface area contributed by atoms with Gasteiger partial charge in [0.25, 0.3) is 0 Å². The van der Waals surface area contributed by atoms with Gasteiger partial charge < -0.3 is 9.64 Å². The van der Waals surface area contributed by atoms with Crippen LogP contribution in [0.3, 0.4) is 0 Å². The summed E-state index contributed by atoms with van der Waals surface area (Å²) in [5.41, 5.74) is 2.40. The molecule has 2 heterocycles. The molecule has 1 aromatic heterocycles. The van der Waals surface area contributed by atoms with E-state index in [9.17, 15) is 9.18 Å². The lowest BCUT2D eigenvalue weighted by atomic mass is 9.81. The van der Waals surface area contributed by atoms with Crippen LogP contribution in [-0.2, 0) is 22.6 Å². The molecule has 144 valence electrons. The molecule has 0 bridgehead atoms. The van der Waals surface area contributed by atoms with Gasteiger partial charge in [-0.2, -0.15) is 5.10 Å². The van der Waals surface area contributed by atoms with E-state index in [1.807, 2.05) is 18.0 Å². The van der Waals surface area contributed by atoms with Gasteiger partial charge in [0.05, 0.1) is 18.5 Å². The molecule has 0 N–H and O–H groups in total. The van der Waals surface area contributed by atoms with Crippen LogP contribution in [0.25, 0.3) is 0 Å². The number of hydrogen-bond acceptors (Lipinski definition) is 3. The number of fused-ring (bicyclic) bond motifs is 1. The minimum atomic E-state index is -0.794. The highest BCUT2D eigenvalue weighted by atomic mass is 19.1. The Kier molecular flexibility index (Phi) is 5.30. The van der Waals surface area contributed by atoms with Gasteiger partial charge in [-0.05, 0) is 38.5 Å². The third-order valence-corrected chi connectivity index (χ3v) is 6.32. The molecule has 5 nitrogen and oxygen atoms in total. The molecule has 2 aliphatic carbocycles. The van der Waals surface area contributed by atoms with E-state index in [0.29, 0.717) is 39.1 Å². The fourth-order valence-corrected chi connectivity index (χ4v) is 4.80. The van der Waals surface area contributed by atoms with Crippen LogP contribution >= 0.6 is 0 Å². The summed E-state index contributed by atoms with van der Waals surface area (Å²) in [5.74, 6) is 0.859. The third-order valence-electron chi connectivity index (χ3n) is 6.32. The van der Waals surface area contributed by atoms with E-state index in [2.05, 4.69) is 9.78 Å². The Morgan fingerprint density at radius 2 is 2.12 bits per heavy atom. The van der Waals surface area contributed by atoms with E-state index >= 15 is 0 Å². The first-order chi connectivity index (χ1) is 12.7. The maximum Gasteiger partial charge on any atom is 0.226 e. The minimum Gasteiger partial charge on any atom is -0.381 e. The SMILES string of the molecule is CCOC[C@H]1CN(C(=O)C2CC(F)C2)Cc2cnn(CC3CCCC3)c21. The molecule has 3 aliphatic rings. The highest BCUT2D eigenvalue weighted by molar-refractivity contribution is 5.80. The Labute approximate surface area is 154 Å². The standard InChI is InChI=1S/C20H30FN3O2/c1-2-26-13-17-12-23(20(25)15-7-18(21)8-15)11-16-9-22-24(19(16)17)10-14-5-3-4-6-14/h9,14-15,17-18H,2-8,10-13H2,1H3/t15?,17-,18?/m1/s1. The molecular weight excluding hydrogens is 333 g/mol. The summed E-state index contributed by atoms with van der Waals surface area (Å²) in [4.78, 5) is 14.6. The number of rotatable bonds is 6. The number of nitrogens with zero attached hydrogens (tertiary/aromatic N) is 3. The normalized spacial score (nSPS) is 28.8. The van der Waals surface area contributed by atoms with Crippen molar-refractivity contribution < 1.29 is 13.9 Å². The Hall–Kier alpha value is -1.43. The van der Waals surface area contributed by atoms with Crippen LogP contribution in [0.15, 0.2) is 6.20 Å². The zero-order chi connectivity index (χ0) is 18.1.